The Morgan fingerprint density at radius 2 is 1.84 bits per heavy atom. The Bertz CT molecular complexity index is 1020. The number of nitrogens with one attached hydrogen (secondary N) is 2. The third kappa shape index (κ3) is 5.84. The lowest BCUT2D eigenvalue weighted by Gasteiger charge is -2.27. The van der Waals surface area contributed by atoms with Crippen molar-refractivity contribution in [1.82, 2.24) is 10.6 Å². The van der Waals surface area contributed by atoms with Crippen molar-refractivity contribution < 1.29 is 41.4 Å². The second kappa shape index (κ2) is 9.81. The van der Waals surface area contributed by atoms with Gasteiger partial charge in [0.25, 0.3) is 0 Å². The summed E-state index contributed by atoms with van der Waals surface area (Å²) in [5, 5.41) is 4.97. The smallest absolute Gasteiger partial charge is 0.446 e. The van der Waals surface area contributed by atoms with Crippen molar-refractivity contribution in [3.63, 3.8) is 0 Å². The van der Waals surface area contributed by atoms with Crippen LogP contribution < -0.4 is 10.6 Å². The maximum Gasteiger partial charge on any atom is 0.446 e. The summed E-state index contributed by atoms with van der Waals surface area (Å²) in [6.45, 7) is 1.18. The minimum absolute atomic E-state index is 0.00217. The Hall–Kier alpha value is -3.41. The molecule has 0 radical (unpaired) electrons. The fourth-order valence-corrected chi connectivity index (χ4v) is 3.40. The molecule has 2 amide bonds. The Morgan fingerprint density at radius 3 is 2.44 bits per heavy atom. The molecule has 0 saturated heterocycles. The number of urea groups is 1. The number of ether oxygens (including phenoxy) is 2. The third-order valence-electron chi connectivity index (χ3n) is 4.15. The summed E-state index contributed by atoms with van der Waals surface area (Å²) in [7, 11) is 0. The number of hydrogen-bond donors (Lipinski definition) is 2. The predicted molar refractivity (Wildman–Crippen MR) is 105 cm³/mol. The quantitative estimate of drug-likeness (QED) is 0.467. The second-order valence-corrected chi connectivity index (χ2v) is 7.45. The lowest BCUT2D eigenvalue weighted by molar-refractivity contribution is -0.139. The molecule has 1 aliphatic heterocycles. The predicted octanol–water partition coefficient (Wildman–Crippen LogP) is 3.92. The molecule has 1 unspecified atom stereocenters. The molecular formula is C20H17F3N2O6S. The molecule has 3 rings (SSSR count). The van der Waals surface area contributed by atoms with Crippen LogP contribution in [0.5, 0.6) is 0 Å². The number of thioether (sulfide) groups is 1. The number of halogens is 3. The molecule has 12 heteroatoms. The molecule has 170 valence electrons. The van der Waals surface area contributed by atoms with E-state index in [9.17, 15) is 27.6 Å². The number of amides is 2. The topological polar surface area (TPSA) is 107 Å². The highest BCUT2D eigenvalue weighted by Gasteiger charge is 2.36. The maximum atomic E-state index is 12.5. The molecule has 0 aliphatic carbocycles. The third-order valence-corrected chi connectivity index (χ3v) is 4.89. The number of carbonyl (C=O) groups is 3. The first-order valence-corrected chi connectivity index (χ1v) is 10.0. The van der Waals surface area contributed by atoms with Crippen LogP contribution in [0.2, 0.25) is 0 Å². The summed E-state index contributed by atoms with van der Waals surface area (Å²) in [6, 6.07) is 6.15. The van der Waals surface area contributed by atoms with Crippen molar-refractivity contribution in [2.45, 2.75) is 23.4 Å². The number of benzene rings is 1. The summed E-state index contributed by atoms with van der Waals surface area (Å²) in [5.74, 6) is -1.34. The van der Waals surface area contributed by atoms with Gasteiger partial charge in [-0.1, -0.05) is 0 Å². The van der Waals surface area contributed by atoms with Gasteiger partial charge in [0.1, 0.15) is 18.4 Å². The number of alkyl halides is 3. The van der Waals surface area contributed by atoms with E-state index in [0.29, 0.717) is 0 Å². The van der Waals surface area contributed by atoms with Gasteiger partial charge in [-0.2, -0.15) is 13.2 Å². The van der Waals surface area contributed by atoms with Crippen LogP contribution in [0.15, 0.2) is 63.2 Å². The molecule has 1 aliphatic rings. The molecule has 2 heterocycles. The van der Waals surface area contributed by atoms with Crippen molar-refractivity contribution in [1.29, 1.82) is 0 Å². The van der Waals surface area contributed by atoms with Crippen LogP contribution in [0.1, 0.15) is 29.1 Å². The van der Waals surface area contributed by atoms with Crippen LogP contribution >= 0.6 is 11.8 Å². The van der Waals surface area contributed by atoms with Crippen molar-refractivity contribution in [3.05, 3.63) is 65.3 Å². The Labute approximate surface area is 184 Å². The Kier molecular flexibility index (Phi) is 7.13. The van der Waals surface area contributed by atoms with Crippen LogP contribution in [0.4, 0.5) is 18.0 Å². The van der Waals surface area contributed by atoms with E-state index in [1.54, 1.807) is 19.1 Å². The number of hydrogen-bond acceptors (Lipinski definition) is 7. The van der Waals surface area contributed by atoms with Gasteiger partial charge >= 0.3 is 23.5 Å². The Balaban J connectivity index is 1.79. The first-order valence-electron chi connectivity index (χ1n) is 9.22. The first kappa shape index (κ1) is 23.3. The molecule has 1 aromatic heterocycles. The Morgan fingerprint density at radius 1 is 1.12 bits per heavy atom. The van der Waals surface area contributed by atoms with E-state index >= 15 is 0 Å². The van der Waals surface area contributed by atoms with Crippen LogP contribution in [0.3, 0.4) is 0 Å². The van der Waals surface area contributed by atoms with Gasteiger partial charge < -0.3 is 24.5 Å². The molecule has 8 nitrogen and oxygen atoms in total. The summed E-state index contributed by atoms with van der Waals surface area (Å²) < 4.78 is 52.8. The van der Waals surface area contributed by atoms with Crippen molar-refractivity contribution in [2.24, 2.45) is 0 Å². The fourth-order valence-electron chi connectivity index (χ4n) is 2.86. The SMILES string of the molecule is CCOC(=O)C1=C(COC(=O)c2ccc(SC(F)(F)F)cc2)NC(=O)NC1c1ccco1. The van der Waals surface area contributed by atoms with Crippen molar-refractivity contribution in [3.8, 4) is 0 Å². The molecule has 0 bridgehead atoms. The van der Waals surface area contributed by atoms with E-state index < -0.39 is 36.1 Å². The molecule has 2 N–H and O–H groups in total. The molecule has 1 aromatic carbocycles. The van der Waals surface area contributed by atoms with Gasteiger partial charge in [-0.25, -0.2) is 14.4 Å². The summed E-state index contributed by atoms with van der Waals surface area (Å²) in [5.41, 5.74) is -4.47. The van der Waals surface area contributed by atoms with Crippen LogP contribution in [0, 0.1) is 0 Å². The monoisotopic (exact) mass is 470 g/mol. The van der Waals surface area contributed by atoms with Gasteiger partial charge in [-0.3, -0.25) is 0 Å². The number of rotatable bonds is 7. The molecule has 0 saturated carbocycles. The second-order valence-electron chi connectivity index (χ2n) is 6.31. The van der Waals surface area contributed by atoms with Gasteiger partial charge in [0.15, 0.2) is 0 Å². The van der Waals surface area contributed by atoms with E-state index in [1.165, 1.54) is 18.4 Å². The summed E-state index contributed by atoms with van der Waals surface area (Å²) in [6.07, 6.45) is 1.37. The number of carbonyl (C=O) groups excluding carboxylic acids is 3. The van der Waals surface area contributed by atoms with E-state index in [-0.39, 0.29) is 45.9 Å². The van der Waals surface area contributed by atoms with Gasteiger partial charge in [-0.05, 0) is 55.1 Å². The van der Waals surface area contributed by atoms with Crippen LogP contribution in [-0.4, -0.2) is 36.7 Å². The zero-order valence-corrected chi connectivity index (χ0v) is 17.3. The highest BCUT2D eigenvalue weighted by atomic mass is 32.2. The summed E-state index contributed by atoms with van der Waals surface area (Å²) in [4.78, 5) is 36.9. The molecular weight excluding hydrogens is 453 g/mol. The van der Waals surface area contributed by atoms with E-state index in [0.717, 1.165) is 12.1 Å². The highest BCUT2D eigenvalue weighted by molar-refractivity contribution is 8.00. The fraction of sp³-hybridized carbons (Fsp3) is 0.250. The first-order chi connectivity index (χ1) is 15.2. The van der Waals surface area contributed by atoms with Gasteiger partial charge in [-0.15, -0.1) is 0 Å². The van der Waals surface area contributed by atoms with Gasteiger partial charge in [0.2, 0.25) is 0 Å². The normalized spacial score (nSPS) is 16.2. The molecule has 1 atom stereocenters. The average molecular weight is 470 g/mol. The highest BCUT2D eigenvalue weighted by Crippen LogP contribution is 2.36. The molecule has 0 fully saturated rings. The van der Waals surface area contributed by atoms with Crippen molar-refractivity contribution >= 4 is 29.7 Å². The number of furan rings is 1. The maximum absolute atomic E-state index is 12.5. The van der Waals surface area contributed by atoms with Crippen LogP contribution in [-0.2, 0) is 14.3 Å². The zero-order chi connectivity index (χ0) is 23.3. The van der Waals surface area contributed by atoms with Crippen molar-refractivity contribution in [2.75, 3.05) is 13.2 Å². The zero-order valence-electron chi connectivity index (χ0n) is 16.5. The van der Waals surface area contributed by atoms with Crippen LogP contribution in [0.25, 0.3) is 0 Å². The van der Waals surface area contributed by atoms with E-state index in [4.69, 9.17) is 13.9 Å². The van der Waals surface area contributed by atoms with Gasteiger partial charge in [0, 0.05) is 4.90 Å². The summed E-state index contributed by atoms with van der Waals surface area (Å²) >= 11 is -0.310. The minimum Gasteiger partial charge on any atom is -0.467 e. The lowest BCUT2D eigenvalue weighted by atomic mass is 10.0. The average Bonchev–Trinajstić information content (AvgIpc) is 3.26. The van der Waals surface area contributed by atoms with E-state index in [2.05, 4.69) is 10.6 Å². The van der Waals surface area contributed by atoms with Gasteiger partial charge in [0.05, 0.1) is 29.7 Å². The number of esters is 2. The largest absolute Gasteiger partial charge is 0.467 e. The molecule has 32 heavy (non-hydrogen) atoms. The standard InChI is InChI=1S/C20H17F3N2O6S/c1-2-29-18(27)15-13(24-19(28)25-16(15)14-4-3-9-30-14)10-31-17(26)11-5-7-12(8-6-11)32-20(21,22)23/h3-9,16H,2,10H2,1H3,(H2,24,25,28). The molecule has 2 aromatic rings. The lowest BCUT2D eigenvalue weighted by Crippen LogP contribution is -2.47. The van der Waals surface area contributed by atoms with E-state index in [1.807, 2.05) is 0 Å². The molecule has 0 spiro atoms. The minimum atomic E-state index is -4.45.